The lowest BCUT2D eigenvalue weighted by atomic mass is 9.87. The Morgan fingerprint density at radius 2 is 1.94 bits per heavy atom. The molecule has 2 aliphatic rings. The molecule has 0 aliphatic carbocycles. The number of nitrogens with zero attached hydrogens (tertiary/aromatic N) is 1. The van der Waals surface area contributed by atoms with Gasteiger partial charge in [-0.15, -0.1) is 0 Å². The number of carbonyl (C=O) groups excluding carboxylic acids is 2. The predicted octanol–water partition coefficient (Wildman–Crippen LogP) is 3.95. The van der Waals surface area contributed by atoms with Crippen LogP contribution in [0.5, 0.6) is 0 Å². The van der Waals surface area contributed by atoms with Gasteiger partial charge in [-0.3, -0.25) is 14.6 Å². The Bertz CT molecular complexity index is 1270. The van der Waals surface area contributed by atoms with Crippen LogP contribution >= 0.6 is 0 Å². The Hall–Kier alpha value is -2.93. The third-order valence-corrected chi connectivity index (χ3v) is 9.46. The van der Waals surface area contributed by atoms with Crippen molar-refractivity contribution in [1.29, 1.82) is 0 Å². The Morgan fingerprint density at radius 1 is 1.25 bits per heavy atom. The standard InChI is InChI=1S/C37H56N2O9/c1-9-29(45-8)25(4)33-34(48-33)35(39-22-27-15-19-38-20-16-27)37(7,44)17-10-11-23(2)32-24(3)12-13-30(46-26(5)40)36(6,43)18-14-28(41)21-31(42)47-32/h10-13,15-17,19-20,24-25,28-30,32-35,39,41,43-44H,9,14,18,21-22H2,1-8H3/t24-,25+,28+,29-,30-,32?,33+,34-,35?,36+,37?/m0/s1. The molecule has 4 N–H and O–H groups in total. The van der Waals surface area contributed by atoms with Crippen molar-refractivity contribution in [3.63, 3.8) is 0 Å². The number of hydrogen-bond acceptors (Lipinski definition) is 11. The summed E-state index contributed by atoms with van der Waals surface area (Å²) in [6.07, 6.45) is 9.85. The van der Waals surface area contributed by atoms with Crippen molar-refractivity contribution in [2.45, 2.75) is 135 Å². The summed E-state index contributed by atoms with van der Waals surface area (Å²) < 4.78 is 23.1. The zero-order valence-electron chi connectivity index (χ0n) is 29.7. The number of rotatable bonds is 13. The van der Waals surface area contributed by atoms with Crippen molar-refractivity contribution in [2.75, 3.05) is 7.11 Å². The van der Waals surface area contributed by atoms with E-state index in [0.717, 1.165) is 12.0 Å². The SMILES string of the molecule is CC[C@H](OC)[C@@H](C)[C@H]1O[C@@H]1C(NCc1ccncc1)C(C)(O)C=CC=C(C)C1OC(=O)C[C@H](O)CC[C@@](C)(O)[C@@H](OC(C)=O)C=C[C@@H]1C. The monoisotopic (exact) mass is 672 g/mol. The lowest BCUT2D eigenvalue weighted by molar-refractivity contribution is -0.157. The van der Waals surface area contributed by atoms with Crippen LogP contribution in [0.2, 0.25) is 0 Å². The van der Waals surface area contributed by atoms with E-state index in [0.29, 0.717) is 12.1 Å². The van der Waals surface area contributed by atoms with Gasteiger partial charge in [0.2, 0.25) is 0 Å². The van der Waals surface area contributed by atoms with Gasteiger partial charge >= 0.3 is 11.9 Å². The molecule has 0 saturated carbocycles. The van der Waals surface area contributed by atoms with Crippen LogP contribution in [0.1, 0.15) is 79.7 Å². The van der Waals surface area contributed by atoms with Crippen molar-refractivity contribution < 1.29 is 43.9 Å². The molecule has 0 spiro atoms. The minimum absolute atomic E-state index is 0.0353. The van der Waals surface area contributed by atoms with Crippen LogP contribution in [0.25, 0.3) is 0 Å². The number of allylic oxidation sites excluding steroid dienone is 2. The summed E-state index contributed by atoms with van der Waals surface area (Å²) in [4.78, 5) is 28.8. The highest BCUT2D eigenvalue weighted by molar-refractivity contribution is 5.70. The lowest BCUT2D eigenvalue weighted by Crippen LogP contribution is -2.52. The van der Waals surface area contributed by atoms with Gasteiger partial charge in [-0.25, -0.2) is 0 Å². The number of ether oxygens (including phenoxy) is 4. The second-order valence-corrected chi connectivity index (χ2v) is 13.8. The fraction of sp³-hybridized carbons (Fsp3) is 0.649. The number of aliphatic hydroxyl groups excluding tert-OH is 1. The van der Waals surface area contributed by atoms with Crippen LogP contribution in [0.15, 0.2) is 60.5 Å². The van der Waals surface area contributed by atoms with Gasteiger partial charge in [0.15, 0.2) is 0 Å². The van der Waals surface area contributed by atoms with E-state index in [2.05, 4.69) is 24.1 Å². The summed E-state index contributed by atoms with van der Waals surface area (Å²) in [7, 11) is 1.70. The molecule has 0 radical (unpaired) electrons. The van der Waals surface area contributed by atoms with Gasteiger partial charge in [-0.2, -0.15) is 0 Å². The van der Waals surface area contributed by atoms with Crippen molar-refractivity contribution in [3.8, 4) is 0 Å². The second-order valence-electron chi connectivity index (χ2n) is 13.8. The van der Waals surface area contributed by atoms with E-state index in [1.54, 1.807) is 63.7 Å². The maximum absolute atomic E-state index is 12.9. The van der Waals surface area contributed by atoms with E-state index >= 15 is 0 Å². The van der Waals surface area contributed by atoms with E-state index in [9.17, 15) is 24.9 Å². The number of epoxide rings is 1. The predicted molar refractivity (Wildman–Crippen MR) is 182 cm³/mol. The van der Waals surface area contributed by atoms with Gasteiger partial charge in [0.05, 0.1) is 36.4 Å². The minimum atomic E-state index is -1.45. The number of aliphatic hydroxyl groups is 3. The number of carbonyl (C=O) groups is 2. The van der Waals surface area contributed by atoms with E-state index < -0.39 is 47.5 Å². The third-order valence-electron chi connectivity index (χ3n) is 9.46. The molecule has 3 unspecified atom stereocenters. The molecule has 268 valence electrons. The molecule has 1 aromatic heterocycles. The highest BCUT2D eigenvalue weighted by Crippen LogP contribution is 2.39. The minimum Gasteiger partial charge on any atom is -0.457 e. The first-order valence-electron chi connectivity index (χ1n) is 16.9. The van der Waals surface area contributed by atoms with Crippen LogP contribution < -0.4 is 5.32 Å². The fourth-order valence-corrected chi connectivity index (χ4v) is 6.40. The molecule has 3 rings (SSSR count). The lowest BCUT2D eigenvalue weighted by Gasteiger charge is -2.32. The topological polar surface area (TPSA) is 160 Å². The van der Waals surface area contributed by atoms with Gasteiger partial charge in [0, 0.05) is 44.8 Å². The van der Waals surface area contributed by atoms with Crippen molar-refractivity contribution in [1.82, 2.24) is 10.3 Å². The molecule has 1 fully saturated rings. The van der Waals surface area contributed by atoms with Gasteiger partial charge in [-0.1, -0.05) is 45.1 Å². The maximum atomic E-state index is 12.9. The van der Waals surface area contributed by atoms with Gasteiger partial charge in [-0.05, 0) is 69.4 Å². The van der Waals surface area contributed by atoms with Gasteiger partial charge in [0.1, 0.15) is 23.9 Å². The molecule has 11 atom stereocenters. The molecule has 48 heavy (non-hydrogen) atoms. The maximum Gasteiger partial charge on any atom is 0.309 e. The van der Waals surface area contributed by atoms with E-state index in [1.165, 1.54) is 6.92 Å². The highest BCUT2D eigenvalue weighted by atomic mass is 16.6. The number of esters is 2. The smallest absolute Gasteiger partial charge is 0.309 e. The Kier molecular flexibility index (Phi) is 14.5. The molecule has 1 saturated heterocycles. The summed E-state index contributed by atoms with van der Waals surface area (Å²) in [5.74, 6) is -1.36. The van der Waals surface area contributed by atoms with E-state index in [-0.39, 0.29) is 49.4 Å². The zero-order valence-corrected chi connectivity index (χ0v) is 29.7. The molecule has 2 aliphatic heterocycles. The molecule has 1 aromatic rings. The summed E-state index contributed by atoms with van der Waals surface area (Å²) in [6, 6.07) is 3.38. The van der Waals surface area contributed by atoms with E-state index in [1.807, 2.05) is 26.0 Å². The van der Waals surface area contributed by atoms with Gasteiger partial charge in [0.25, 0.3) is 0 Å². The first-order valence-corrected chi connectivity index (χ1v) is 16.9. The Labute approximate surface area is 285 Å². The van der Waals surface area contributed by atoms with Crippen molar-refractivity contribution in [3.05, 3.63) is 66.0 Å². The Morgan fingerprint density at radius 3 is 2.56 bits per heavy atom. The summed E-state index contributed by atoms with van der Waals surface area (Å²) >= 11 is 0. The van der Waals surface area contributed by atoms with Crippen LogP contribution in [0.3, 0.4) is 0 Å². The molecule has 0 bridgehead atoms. The molecule has 11 nitrogen and oxygen atoms in total. The highest BCUT2D eigenvalue weighted by Gasteiger charge is 2.54. The third kappa shape index (κ3) is 11.3. The number of cyclic esters (lactones) is 1. The molecule has 0 amide bonds. The first kappa shape index (κ1) is 39.5. The molecular formula is C37H56N2O9. The van der Waals surface area contributed by atoms with Gasteiger partial charge < -0.3 is 39.6 Å². The number of pyridine rings is 1. The van der Waals surface area contributed by atoms with Crippen LogP contribution in [-0.4, -0.2) is 93.2 Å². The van der Waals surface area contributed by atoms with E-state index in [4.69, 9.17) is 18.9 Å². The number of nitrogens with one attached hydrogen (secondary N) is 1. The first-order chi connectivity index (χ1) is 22.6. The fourth-order valence-electron chi connectivity index (χ4n) is 6.40. The van der Waals surface area contributed by atoms with Crippen molar-refractivity contribution >= 4 is 11.9 Å². The summed E-state index contributed by atoms with van der Waals surface area (Å²) in [5.41, 5.74) is -1.07. The number of aromatic nitrogens is 1. The largest absolute Gasteiger partial charge is 0.457 e. The second kappa shape index (κ2) is 17.6. The Balaban J connectivity index is 1.86. The summed E-state index contributed by atoms with van der Waals surface area (Å²) in [5, 5.41) is 36.9. The summed E-state index contributed by atoms with van der Waals surface area (Å²) in [6.45, 7) is 12.9. The normalized spacial score (nSPS) is 31.9. The van der Waals surface area contributed by atoms with Crippen LogP contribution in [0, 0.1) is 11.8 Å². The zero-order chi connectivity index (χ0) is 35.6. The van der Waals surface area contributed by atoms with Crippen LogP contribution in [-0.2, 0) is 35.1 Å². The number of hydrogen-bond donors (Lipinski definition) is 4. The average molecular weight is 673 g/mol. The molecular weight excluding hydrogens is 616 g/mol. The number of methoxy groups -OCH3 is 1. The molecule has 11 heteroatoms. The molecule has 0 aromatic carbocycles. The average Bonchev–Trinajstić information content (AvgIpc) is 3.81. The quantitative estimate of drug-likeness (QED) is 0.104. The van der Waals surface area contributed by atoms with Crippen molar-refractivity contribution in [2.24, 2.45) is 11.8 Å². The van der Waals surface area contributed by atoms with Crippen LogP contribution in [0.4, 0.5) is 0 Å². The molecule has 3 heterocycles.